The molecular formula is C16H12FN5OS. The van der Waals surface area contributed by atoms with Crippen LogP contribution in [-0.2, 0) is 5.75 Å². The Kier molecular flexibility index (Phi) is 4.53. The topological polar surface area (TPSA) is 88.5 Å². The van der Waals surface area contributed by atoms with Crippen LogP contribution in [0.1, 0.15) is 22.9 Å². The molecule has 0 aliphatic heterocycles. The molecule has 0 bridgehead atoms. The molecule has 120 valence electrons. The number of halogens is 1. The number of nitrogens with zero attached hydrogens (tertiary/aromatic N) is 5. The van der Waals surface area contributed by atoms with Gasteiger partial charge >= 0.3 is 0 Å². The van der Waals surface area contributed by atoms with E-state index in [4.69, 9.17) is 4.52 Å². The molecular weight excluding hydrogens is 329 g/mol. The normalized spacial score (nSPS) is 10.6. The number of hydrogen-bond acceptors (Lipinski definition) is 7. The summed E-state index contributed by atoms with van der Waals surface area (Å²) in [7, 11) is 0. The van der Waals surface area contributed by atoms with E-state index in [0.29, 0.717) is 45.1 Å². The Bertz CT molecular complexity index is 917. The Morgan fingerprint density at radius 1 is 1.17 bits per heavy atom. The van der Waals surface area contributed by atoms with Crippen molar-refractivity contribution in [1.29, 1.82) is 5.26 Å². The van der Waals surface area contributed by atoms with Crippen molar-refractivity contribution >= 4 is 11.8 Å². The Morgan fingerprint density at radius 3 is 2.62 bits per heavy atom. The van der Waals surface area contributed by atoms with Crippen LogP contribution in [0, 0.1) is 31.0 Å². The van der Waals surface area contributed by atoms with E-state index < -0.39 is 0 Å². The zero-order valence-electron chi connectivity index (χ0n) is 12.9. The van der Waals surface area contributed by atoms with Crippen LogP contribution in [0.5, 0.6) is 0 Å². The van der Waals surface area contributed by atoms with Crippen molar-refractivity contribution in [3.8, 4) is 17.5 Å². The van der Waals surface area contributed by atoms with Gasteiger partial charge in [0.1, 0.15) is 28.3 Å². The third-order valence-electron chi connectivity index (χ3n) is 3.18. The van der Waals surface area contributed by atoms with E-state index in [0.717, 1.165) is 0 Å². The van der Waals surface area contributed by atoms with Crippen LogP contribution < -0.4 is 0 Å². The van der Waals surface area contributed by atoms with Gasteiger partial charge in [0.05, 0.1) is 11.4 Å². The van der Waals surface area contributed by atoms with Crippen LogP contribution in [0.2, 0.25) is 0 Å². The zero-order chi connectivity index (χ0) is 17.1. The Morgan fingerprint density at radius 2 is 1.92 bits per heavy atom. The van der Waals surface area contributed by atoms with Crippen molar-refractivity contribution in [2.75, 3.05) is 0 Å². The zero-order valence-corrected chi connectivity index (χ0v) is 13.8. The van der Waals surface area contributed by atoms with Gasteiger partial charge < -0.3 is 4.52 Å². The third-order valence-corrected chi connectivity index (χ3v) is 4.15. The average Bonchev–Trinajstić information content (AvgIpc) is 3.02. The van der Waals surface area contributed by atoms with E-state index in [1.807, 2.05) is 0 Å². The molecule has 6 nitrogen and oxygen atoms in total. The maximum absolute atomic E-state index is 12.9. The first-order valence-electron chi connectivity index (χ1n) is 7.03. The van der Waals surface area contributed by atoms with Gasteiger partial charge in [-0.15, -0.1) is 0 Å². The highest BCUT2D eigenvalue weighted by Gasteiger charge is 2.14. The van der Waals surface area contributed by atoms with Gasteiger partial charge in [-0.1, -0.05) is 16.9 Å². The van der Waals surface area contributed by atoms with E-state index in [9.17, 15) is 9.65 Å². The standard InChI is InChI=1S/C16H12FN5OS/c1-9-13(7-18)16(20-10(2)19-9)24-8-14-21-15(23-22-14)11-3-5-12(17)6-4-11/h3-6H,8H2,1-2H3. The van der Waals surface area contributed by atoms with E-state index in [-0.39, 0.29) is 5.82 Å². The minimum absolute atomic E-state index is 0.321. The number of nitriles is 1. The summed E-state index contributed by atoms with van der Waals surface area (Å²) < 4.78 is 18.1. The number of aryl methyl sites for hydroxylation is 2. The molecule has 0 unspecified atom stereocenters. The van der Waals surface area contributed by atoms with Gasteiger partial charge in [-0.3, -0.25) is 0 Å². The number of rotatable bonds is 4. The average molecular weight is 341 g/mol. The van der Waals surface area contributed by atoms with Crippen LogP contribution in [0.25, 0.3) is 11.5 Å². The molecule has 3 rings (SSSR count). The molecule has 1 aromatic carbocycles. The quantitative estimate of drug-likeness (QED) is 0.530. The second-order valence-electron chi connectivity index (χ2n) is 4.96. The van der Waals surface area contributed by atoms with E-state index >= 15 is 0 Å². The van der Waals surface area contributed by atoms with Crippen molar-refractivity contribution in [2.24, 2.45) is 0 Å². The lowest BCUT2D eigenvalue weighted by molar-refractivity contribution is 0.425. The first-order valence-corrected chi connectivity index (χ1v) is 8.02. The number of thioether (sulfide) groups is 1. The molecule has 2 aromatic heterocycles. The van der Waals surface area contributed by atoms with Gasteiger partial charge in [-0.05, 0) is 38.1 Å². The van der Waals surface area contributed by atoms with Crippen LogP contribution in [-0.4, -0.2) is 20.1 Å². The highest BCUT2D eigenvalue weighted by Crippen LogP contribution is 2.26. The summed E-state index contributed by atoms with van der Waals surface area (Å²) in [6.07, 6.45) is 0. The second-order valence-corrected chi connectivity index (χ2v) is 5.92. The molecule has 0 aliphatic carbocycles. The monoisotopic (exact) mass is 341 g/mol. The lowest BCUT2D eigenvalue weighted by Crippen LogP contribution is -1.99. The van der Waals surface area contributed by atoms with Crippen molar-refractivity contribution < 1.29 is 8.91 Å². The van der Waals surface area contributed by atoms with Gasteiger partial charge in [0.15, 0.2) is 5.82 Å². The molecule has 0 saturated carbocycles. The first-order chi connectivity index (χ1) is 11.6. The molecule has 0 N–H and O–H groups in total. The Labute approximate surface area is 141 Å². The minimum Gasteiger partial charge on any atom is -0.334 e. The maximum Gasteiger partial charge on any atom is 0.257 e. The second kappa shape index (κ2) is 6.76. The predicted octanol–water partition coefficient (Wildman–Crippen LogP) is 3.45. The van der Waals surface area contributed by atoms with Crippen molar-refractivity contribution in [3.05, 3.63) is 53.0 Å². The van der Waals surface area contributed by atoms with Gasteiger partial charge in [0, 0.05) is 5.56 Å². The molecule has 0 spiro atoms. The SMILES string of the molecule is Cc1nc(C)c(C#N)c(SCc2noc(-c3ccc(F)cc3)n2)n1. The third kappa shape index (κ3) is 3.41. The Hall–Kier alpha value is -2.79. The van der Waals surface area contributed by atoms with Crippen LogP contribution in [0.15, 0.2) is 33.8 Å². The smallest absolute Gasteiger partial charge is 0.257 e. The molecule has 0 amide bonds. The molecule has 24 heavy (non-hydrogen) atoms. The number of aromatic nitrogens is 4. The highest BCUT2D eigenvalue weighted by atomic mass is 32.2. The lowest BCUT2D eigenvalue weighted by Gasteiger charge is -2.04. The molecule has 3 aromatic rings. The molecule has 2 heterocycles. The van der Waals surface area contributed by atoms with Crippen LogP contribution in [0.3, 0.4) is 0 Å². The van der Waals surface area contributed by atoms with Gasteiger partial charge in [-0.25, -0.2) is 14.4 Å². The van der Waals surface area contributed by atoms with E-state index in [1.165, 1.54) is 23.9 Å². The van der Waals surface area contributed by atoms with E-state index in [1.54, 1.807) is 26.0 Å². The summed E-state index contributed by atoms with van der Waals surface area (Å²) in [5.41, 5.74) is 1.74. The first kappa shape index (κ1) is 16.1. The summed E-state index contributed by atoms with van der Waals surface area (Å²) >= 11 is 1.35. The predicted molar refractivity (Wildman–Crippen MR) is 85.5 cm³/mol. The fraction of sp³-hybridized carbons (Fsp3) is 0.188. The summed E-state index contributed by atoms with van der Waals surface area (Å²) in [5, 5.41) is 13.7. The molecule has 0 aliphatic rings. The molecule has 0 fully saturated rings. The fourth-order valence-corrected chi connectivity index (χ4v) is 2.99. The lowest BCUT2D eigenvalue weighted by atomic mass is 10.2. The fourth-order valence-electron chi connectivity index (χ4n) is 2.07. The van der Waals surface area contributed by atoms with E-state index in [2.05, 4.69) is 26.2 Å². The molecule has 8 heteroatoms. The van der Waals surface area contributed by atoms with Crippen molar-refractivity contribution in [2.45, 2.75) is 24.6 Å². The summed E-state index contributed by atoms with van der Waals surface area (Å²) in [6, 6.07) is 7.93. The number of hydrogen-bond donors (Lipinski definition) is 0. The van der Waals surface area contributed by atoms with Crippen molar-refractivity contribution in [3.63, 3.8) is 0 Å². The van der Waals surface area contributed by atoms with Gasteiger partial charge in [0.2, 0.25) is 0 Å². The summed E-state index contributed by atoms with van der Waals surface area (Å²) in [4.78, 5) is 12.8. The van der Waals surface area contributed by atoms with Gasteiger partial charge in [0.25, 0.3) is 5.89 Å². The van der Waals surface area contributed by atoms with Crippen LogP contribution in [0.4, 0.5) is 4.39 Å². The minimum atomic E-state index is -0.326. The maximum atomic E-state index is 12.9. The molecule has 0 radical (unpaired) electrons. The largest absolute Gasteiger partial charge is 0.334 e. The molecule has 0 atom stereocenters. The molecule has 0 saturated heterocycles. The van der Waals surface area contributed by atoms with Crippen LogP contribution >= 0.6 is 11.8 Å². The summed E-state index contributed by atoms with van der Waals surface area (Å²) in [5.74, 6) is 1.47. The summed E-state index contributed by atoms with van der Waals surface area (Å²) in [6.45, 7) is 3.55. The van der Waals surface area contributed by atoms with Crippen molar-refractivity contribution in [1.82, 2.24) is 20.1 Å². The number of benzene rings is 1. The highest BCUT2D eigenvalue weighted by molar-refractivity contribution is 7.98. The Balaban J connectivity index is 1.77. The van der Waals surface area contributed by atoms with Gasteiger partial charge in [-0.2, -0.15) is 10.2 Å².